The van der Waals surface area contributed by atoms with E-state index in [-0.39, 0.29) is 0 Å². The minimum absolute atomic E-state index is 0.562. The number of hydrogen-bond acceptors (Lipinski definition) is 5. The lowest BCUT2D eigenvalue weighted by Gasteiger charge is -2.15. The first-order valence-corrected chi connectivity index (χ1v) is 9.49. The summed E-state index contributed by atoms with van der Waals surface area (Å²) in [5.41, 5.74) is 3.79. The van der Waals surface area contributed by atoms with E-state index in [1.165, 1.54) is 0 Å². The van der Waals surface area contributed by atoms with Crippen molar-refractivity contribution in [3.05, 3.63) is 54.9 Å². The maximum absolute atomic E-state index is 5.54. The van der Waals surface area contributed by atoms with Gasteiger partial charge in [-0.3, -0.25) is 0 Å². The molecule has 0 aliphatic carbocycles. The molecule has 0 saturated heterocycles. The van der Waals surface area contributed by atoms with E-state index >= 15 is 0 Å². The smallest absolute Gasteiger partial charge is 0.203 e. The molecule has 0 aliphatic rings. The van der Waals surface area contributed by atoms with Crippen LogP contribution in [0.15, 0.2) is 54.9 Å². The summed E-state index contributed by atoms with van der Waals surface area (Å²) >= 11 is 0. The molecular weight excluding hydrogens is 380 g/mol. The molecule has 3 aromatic carbocycles. The second kappa shape index (κ2) is 7.99. The van der Waals surface area contributed by atoms with Crippen molar-refractivity contribution in [1.82, 2.24) is 9.55 Å². The fourth-order valence-electron chi connectivity index (χ4n) is 3.70. The van der Waals surface area contributed by atoms with E-state index in [0.717, 1.165) is 39.0 Å². The molecule has 0 amide bonds. The summed E-state index contributed by atoms with van der Waals surface area (Å²) < 4.78 is 23.9. The number of nitrogens with zero attached hydrogens (tertiary/aromatic N) is 2. The van der Waals surface area contributed by atoms with E-state index in [1.54, 1.807) is 28.4 Å². The van der Waals surface area contributed by atoms with Crippen molar-refractivity contribution in [2.24, 2.45) is 7.05 Å². The lowest BCUT2D eigenvalue weighted by molar-refractivity contribution is 0.324. The Bertz CT molecular complexity index is 1190. The Hall–Kier alpha value is -3.67. The van der Waals surface area contributed by atoms with E-state index in [2.05, 4.69) is 29.2 Å². The van der Waals surface area contributed by atoms with Gasteiger partial charge in [0, 0.05) is 18.2 Å². The number of aryl methyl sites for hydroxylation is 1. The number of imidazole rings is 1. The third-order valence-corrected chi connectivity index (χ3v) is 5.20. The SMILES string of the molecule is COc1ccc2cc(-c3ncn(C)c3-c3cc(OC)c(OC)c(OC)c3)ccc2c1. The Balaban J connectivity index is 1.88. The van der Waals surface area contributed by atoms with Crippen LogP contribution in [0.5, 0.6) is 23.0 Å². The second-order valence-electron chi connectivity index (χ2n) is 6.89. The highest BCUT2D eigenvalue weighted by molar-refractivity contribution is 5.90. The number of aromatic nitrogens is 2. The molecule has 4 aromatic rings. The Morgan fingerprint density at radius 3 is 2.00 bits per heavy atom. The van der Waals surface area contributed by atoms with Gasteiger partial charge in [-0.1, -0.05) is 18.2 Å². The number of ether oxygens (including phenoxy) is 4. The average molecular weight is 404 g/mol. The van der Waals surface area contributed by atoms with Crippen molar-refractivity contribution in [3.8, 4) is 45.5 Å². The van der Waals surface area contributed by atoms with Gasteiger partial charge in [0.25, 0.3) is 0 Å². The first kappa shape index (κ1) is 19.6. The predicted molar refractivity (Wildman–Crippen MR) is 118 cm³/mol. The molecule has 0 fully saturated rings. The summed E-state index contributed by atoms with van der Waals surface area (Å²) in [5, 5.41) is 2.23. The molecule has 0 N–H and O–H groups in total. The van der Waals surface area contributed by atoms with Crippen LogP contribution in [0.25, 0.3) is 33.3 Å². The van der Waals surface area contributed by atoms with E-state index in [0.29, 0.717) is 17.2 Å². The lowest BCUT2D eigenvalue weighted by atomic mass is 10.0. The van der Waals surface area contributed by atoms with Crippen LogP contribution in [0.4, 0.5) is 0 Å². The van der Waals surface area contributed by atoms with Gasteiger partial charge in [0.15, 0.2) is 11.5 Å². The minimum atomic E-state index is 0.562. The third-order valence-electron chi connectivity index (χ3n) is 5.20. The molecule has 1 heterocycles. The summed E-state index contributed by atoms with van der Waals surface area (Å²) in [7, 11) is 8.47. The van der Waals surface area contributed by atoms with Crippen molar-refractivity contribution < 1.29 is 18.9 Å². The lowest BCUT2D eigenvalue weighted by Crippen LogP contribution is -1.98. The number of fused-ring (bicyclic) bond motifs is 1. The van der Waals surface area contributed by atoms with Crippen molar-refractivity contribution in [3.63, 3.8) is 0 Å². The highest BCUT2D eigenvalue weighted by Crippen LogP contribution is 2.43. The highest BCUT2D eigenvalue weighted by Gasteiger charge is 2.19. The standard InChI is InChI=1S/C24H24N2O4/c1-26-14-25-22(17-7-6-16-11-19(27-2)9-8-15(16)10-17)23(26)18-12-20(28-3)24(30-5)21(13-18)29-4/h6-14H,1-5H3. The highest BCUT2D eigenvalue weighted by atomic mass is 16.5. The molecule has 0 saturated carbocycles. The van der Waals surface area contributed by atoms with Gasteiger partial charge in [0.2, 0.25) is 5.75 Å². The van der Waals surface area contributed by atoms with Crippen LogP contribution in [0, 0.1) is 0 Å². The summed E-state index contributed by atoms with van der Waals surface area (Å²) in [5.74, 6) is 2.60. The summed E-state index contributed by atoms with van der Waals surface area (Å²) in [6.07, 6.45) is 1.81. The van der Waals surface area contributed by atoms with Gasteiger partial charge < -0.3 is 23.5 Å². The maximum atomic E-state index is 5.54. The second-order valence-corrected chi connectivity index (χ2v) is 6.89. The Labute approximate surface area is 175 Å². The van der Waals surface area contributed by atoms with Gasteiger partial charge in [-0.15, -0.1) is 0 Å². The van der Waals surface area contributed by atoms with Crippen LogP contribution >= 0.6 is 0 Å². The van der Waals surface area contributed by atoms with E-state index in [4.69, 9.17) is 18.9 Å². The van der Waals surface area contributed by atoms with Gasteiger partial charge in [-0.2, -0.15) is 0 Å². The molecule has 30 heavy (non-hydrogen) atoms. The molecule has 154 valence electrons. The molecule has 0 radical (unpaired) electrons. The van der Waals surface area contributed by atoms with E-state index in [9.17, 15) is 0 Å². The summed E-state index contributed by atoms with van der Waals surface area (Å²) in [4.78, 5) is 4.68. The van der Waals surface area contributed by atoms with Crippen LogP contribution in [0.3, 0.4) is 0 Å². The van der Waals surface area contributed by atoms with Crippen molar-refractivity contribution >= 4 is 10.8 Å². The van der Waals surface area contributed by atoms with Gasteiger partial charge in [-0.25, -0.2) is 4.98 Å². The number of benzene rings is 3. The molecule has 0 aliphatic heterocycles. The van der Waals surface area contributed by atoms with Gasteiger partial charge >= 0.3 is 0 Å². The monoisotopic (exact) mass is 404 g/mol. The number of methoxy groups -OCH3 is 4. The average Bonchev–Trinajstić information content (AvgIpc) is 3.18. The molecule has 6 heteroatoms. The zero-order valence-corrected chi connectivity index (χ0v) is 17.7. The first-order valence-electron chi connectivity index (χ1n) is 9.49. The van der Waals surface area contributed by atoms with Crippen LogP contribution in [-0.4, -0.2) is 38.0 Å². The molecule has 0 atom stereocenters. The number of hydrogen-bond donors (Lipinski definition) is 0. The zero-order valence-electron chi connectivity index (χ0n) is 17.7. The van der Waals surface area contributed by atoms with Crippen molar-refractivity contribution in [2.45, 2.75) is 0 Å². The summed E-state index contributed by atoms with van der Waals surface area (Å²) in [6.45, 7) is 0. The molecule has 0 bridgehead atoms. The molecule has 4 rings (SSSR count). The van der Waals surface area contributed by atoms with Crippen molar-refractivity contribution in [2.75, 3.05) is 28.4 Å². The van der Waals surface area contributed by atoms with E-state index in [1.807, 2.05) is 42.2 Å². The van der Waals surface area contributed by atoms with Crippen molar-refractivity contribution in [1.29, 1.82) is 0 Å². The Kier molecular flexibility index (Phi) is 5.23. The fourth-order valence-corrected chi connectivity index (χ4v) is 3.70. The van der Waals surface area contributed by atoms with Crippen LogP contribution in [-0.2, 0) is 7.05 Å². The zero-order chi connectivity index (χ0) is 21.3. The maximum Gasteiger partial charge on any atom is 0.203 e. The molecule has 1 aromatic heterocycles. The van der Waals surface area contributed by atoms with Crippen LogP contribution < -0.4 is 18.9 Å². The first-order chi connectivity index (χ1) is 14.6. The van der Waals surface area contributed by atoms with E-state index < -0.39 is 0 Å². The normalized spacial score (nSPS) is 10.8. The fraction of sp³-hybridized carbons (Fsp3) is 0.208. The van der Waals surface area contributed by atoms with Gasteiger partial charge in [-0.05, 0) is 41.1 Å². The minimum Gasteiger partial charge on any atom is -0.497 e. The largest absolute Gasteiger partial charge is 0.497 e. The molecular formula is C24H24N2O4. The molecule has 0 unspecified atom stereocenters. The molecule has 0 spiro atoms. The quantitative estimate of drug-likeness (QED) is 0.456. The number of rotatable bonds is 6. The van der Waals surface area contributed by atoms with Gasteiger partial charge in [0.1, 0.15) is 5.75 Å². The third kappa shape index (κ3) is 3.30. The molecule has 6 nitrogen and oxygen atoms in total. The predicted octanol–water partition coefficient (Wildman–Crippen LogP) is 4.94. The van der Waals surface area contributed by atoms with Gasteiger partial charge in [0.05, 0.1) is 46.2 Å². The Morgan fingerprint density at radius 1 is 0.700 bits per heavy atom. The topological polar surface area (TPSA) is 54.7 Å². The van der Waals surface area contributed by atoms with Crippen LogP contribution in [0.1, 0.15) is 0 Å². The van der Waals surface area contributed by atoms with Crippen LogP contribution in [0.2, 0.25) is 0 Å². The Morgan fingerprint density at radius 2 is 1.37 bits per heavy atom. The summed E-state index contributed by atoms with van der Waals surface area (Å²) in [6, 6.07) is 16.2.